The predicted molar refractivity (Wildman–Crippen MR) is 131 cm³/mol. The number of nitrogens with one attached hydrogen (secondary N) is 2. The Balaban J connectivity index is 1.39. The highest BCUT2D eigenvalue weighted by Crippen LogP contribution is 2.24. The van der Waals surface area contributed by atoms with Crippen LogP contribution in [0.25, 0.3) is 11.0 Å². The summed E-state index contributed by atoms with van der Waals surface area (Å²) in [6.45, 7) is 2.36. The molecule has 1 fully saturated rings. The molecule has 2 N–H and O–H groups in total. The summed E-state index contributed by atoms with van der Waals surface area (Å²) < 4.78 is 60.8. The lowest BCUT2D eigenvalue weighted by molar-refractivity contribution is 0.103. The average Bonchev–Trinajstić information content (AvgIpc) is 2.92. The summed E-state index contributed by atoms with van der Waals surface area (Å²) in [6, 6.07) is 7.80. The van der Waals surface area contributed by atoms with E-state index in [1.165, 1.54) is 12.1 Å². The molecule has 2 heterocycles. The second-order valence-corrected chi connectivity index (χ2v) is 8.39. The number of benzene rings is 3. The first-order chi connectivity index (χ1) is 18.3. The van der Waals surface area contributed by atoms with E-state index in [1.54, 1.807) is 12.3 Å². The Labute approximate surface area is 213 Å². The molecule has 1 aromatic heterocycles. The van der Waals surface area contributed by atoms with Crippen molar-refractivity contribution in [2.45, 2.75) is 0 Å². The van der Waals surface area contributed by atoms with Crippen molar-refractivity contribution in [2.75, 3.05) is 41.8 Å². The number of morpholine rings is 1. The number of aromatic nitrogens is 2. The second-order valence-electron chi connectivity index (χ2n) is 8.39. The number of urea groups is 1. The molecule has 0 radical (unpaired) electrons. The standard InChI is InChI=1S/C26H19F4N5O3/c27-18-3-2-15(11-19(18)28)32-26(37)33-16-10-17(24(30)20(29)12-16)25(36)14-1-4-21-22(9-14)34-23(13-31-21)35-5-7-38-8-6-35/h1-4,9-13H,5-8H2,(H2,32,33,37). The zero-order valence-electron chi connectivity index (χ0n) is 19.6. The molecule has 0 atom stereocenters. The van der Waals surface area contributed by atoms with Crippen LogP contribution in [0.1, 0.15) is 15.9 Å². The molecule has 0 saturated carbocycles. The van der Waals surface area contributed by atoms with E-state index >= 15 is 0 Å². The smallest absolute Gasteiger partial charge is 0.323 e. The zero-order chi connectivity index (χ0) is 26.8. The third-order valence-corrected chi connectivity index (χ3v) is 5.83. The van der Waals surface area contributed by atoms with Crippen LogP contribution < -0.4 is 15.5 Å². The van der Waals surface area contributed by atoms with Gasteiger partial charge in [-0.15, -0.1) is 0 Å². The number of ether oxygens (including phenoxy) is 1. The van der Waals surface area contributed by atoms with Crippen LogP contribution in [0.5, 0.6) is 0 Å². The van der Waals surface area contributed by atoms with Gasteiger partial charge in [-0.1, -0.05) is 0 Å². The summed E-state index contributed by atoms with van der Waals surface area (Å²) >= 11 is 0. The van der Waals surface area contributed by atoms with Crippen molar-refractivity contribution in [1.82, 2.24) is 9.97 Å². The highest BCUT2D eigenvalue weighted by Gasteiger charge is 2.21. The number of hydrogen-bond donors (Lipinski definition) is 2. The van der Waals surface area contributed by atoms with Crippen LogP contribution in [0.3, 0.4) is 0 Å². The fraction of sp³-hybridized carbons (Fsp3) is 0.154. The van der Waals surface area contributed by atoms with Crippen LogP contribution in [-0.2, 0) is 4.74 Å². The number of anilines is 3. The van der Waals surface area contributed by atoms with Crippen molar-refractivity contribution < 1.29 is 31.9 Å². The Bertz CT molecular complexity index is 1560. The highest BCUT2D eigenvalue weighted by atomic mass is 19.2. The van der Waals surface area contributed by atoms with E-state index in [4.69, 9.17) is 4.74 Å². The molecule has 12 heteroatoms. The quantitative estimate of drug-likeness (QED) is 0.284. The fourth-order valence-corrected chi connectivity index (χ4v) is 3.94. The lowest BCUT2D eigenvalue weighted by atomic mass is 10.0. The normalized spacial score (nSPS) is 13.4. The molecular formula is C26H19F4N5O3. The summed E-state index contributed by atoms with van der Waals surface area (Å²) in [5.74, 6) is -5.28. The minimum Gasteiger partial charge on any atom is -0.378 e. The zero-order valence-corrected chi connectivity index (χ0v) is 19.6. The first kappa shape index (κ1) is 25.1. The van der Waals surface area contributed by atoms with Gasteiger partial charge in [0.1, 0.15) is 5.82 Å². The summed E-state index contributed by atoms with van der Waals surface area (Å²) in [4.78, 5) is 36.3. The van der Waals surface area contributed by atoms with Gasteiger partial charge in [0, 0.05) is 42.2 Å². The molecule has 0 aliphatic carbocycles. The van der Waals surface area contributed by atoms with E-state index in [2.05, 4.69) is 20.6 Å². The first-order valence-electron chi connectivity index (χ1n) is 11.4. The molecule has 3 aromatic carbocycles. The molecule has 0 bridgehead atoms. The van der Waals surface area contributed by atoms with Gasteiger partial charge in [-0.2, -0.15) is 0 Å². The third-order valence-electron chi connectivity index (χ3n) is 5.83. The van der Waals surface area contributed by atoms with Crippen molar-refractivity contribution in [3.05, 3.63) is 89.1 Å². The number of carbonyl (C=O) groups is 2. The van der Waals surface area contributed by atoms with Crippen LogP contribution in [-0.4, -0.2) is 48.1 Å². The lowest BCUT2D eigenvalue weighted by Crippen LogP contribution is -2.36. The summed E-state index contributed by atoms with van der Waals surface area (Å²) in [7, 11) is 0. The van der Waals surface area contributed by atoms with Crippen molar-refractivity contribution >= 4 is 40.0 Å². The molecule has 0 spiro atoms. The number of fused-ring (bicyclic) bond motifs is 1. The number of ketones is 1. The van der Waals surface area contributed by atoms with E-state index in [0.717, 1.165) is 24.3 Å². The largest absolute Gasteiger partial charge is 0.378 e. The van der Waals surface area contributed by atoms with Gasteiger partial charge in [-0.05, 0) is 36.4 Å². The van der Waals surface area contributed by atoms with Gasteiger partial charge in [0.05, 0.1) is 36.0 Å². The topological polar surface area (TPSA) is 96.5 Å². The fourth-order valence-electron chi connectivity index (χ4n) is 3.94. The van der Waals surface area contributed by atoms with E-state index in [-0.39, 0.29) is 16.9 Å². The van der Waals surface area contributed by atoms with Gasteiger partial charge >= 0.3 is 6.03 Å². The van der Waals surface area contributed by atoms with Crippen molar-refractivity contribution in [3.8, 4) is 0 Å². The summed E-state index contributed by atoms with van der Waals surface area (Å²) in [5.41, 5.74) is 0.00403. The minimum absolute atomic E-state index is 0.0348. The van der Waals surface area contributed by atoms with Crippen molar-refractivity contribution in [2.24, 2.45) is 0 Å². The van der Waals surface area contributed by atoms with Gasteiger partial charge in [0.2, 0.25) is 0 Å². The number of rotatable bonds is 5. The molecule has 0 unspecified atom stereocenters. The van der Waals surface area contributed by atoms with E-state index in [1.807, 2.05) is 4.90 Å². The molecule has 1 aliphatic rings. The van der Waals surface area contributed by atoms with Crippen LogP contribution >= 0.6 is 0 Å². The molecule has 5 rings (SSSR count). The molecule has 38 heavy (non-hydrogen) atoms. The van der Waals surface area contributed by atoms with Crippen LogP contribution in [0.2, 0.25) is 0 Å². The molecular weight excluding hydrogens is 506 g/mol. The van der Waals surface area contributed by atoms with Gasteiger partial charge in [-0.3, -0.25) is 9.78 Å². The molecule has 194 valence electrons. The molecule has 1 aliphatic heterocycles. The maximum atomic E-state index is 14.7. The Kier molecular flexibility index (Phi) is 6.88. The van der Waals surface area contributed by atoms with Crippen LogP contribution in [0.4, 0.5) is 39.5 Å². The minimum atomic E-state index is -1.39. The number of carbonyl (C=O) groups excluding carboxylic acids is 2. The van der Waals surface area contributed by atoms with Gasteiger partial charge in [0.25, 0.3) is 0 Å². The second kappa shape index (κ2) is 10.4. The maximum absolute atomic E-state index is 14.7. The predicted octanol–water partition coefficient (Wildman–Crippen LogP) is 4.90. The van der Waals surface area contributed by atoms with Crippen molar-refractivity contribution in [1.29, 1.82) is 0 Å². The lowest BCUT2D eigenvalue weighted by Gasteiger charge is -2.27. The SMILES string of the molecule is O=C(Nc1ccc(F)c(F)c1)Nc1cc(F)c(F)c(C(=O)c2ccc3ncc(N4CCOCC4)nc3c2)c1. The third kappa shape index (κ3) is 5.25. The molecule has 1 saturated heterocycles. The van der Waals surface area contributed by atoms with E-state index < -0.39 is 40.6 Å². The first-order valence-corrected chi connectivity index (χ1v) is 11.4. The summed E-state index contributed by atoms with van der Waals surface area (Å²) in [6.07, 6.45) is 1.62. The molecule has 8 nitrogen and oxygen atoms in total. The number of amides is 2. The number of halogens is 4. The van der Waals surface area contributed by atoms with Crippen molar-refractivity contribution in [3.63, 3.8) is 0 Å². The Morgan fingerprint density at radius 1 is 0.816 bits per heavy atom. The Morgan fingerprint density at radius 2 is 1.55 bits per heavy atom. The number of nitrogens with zero attached hydrogens (tertiary/aromatic N) is 3. The van der Waals surface area contributed by atoms with Gasteiger partial charge in [-0.25, -0.2) is 27.3 Å². The highest BCUT2D eigenvalue weighted by molar-refractivity contribution is 6.11. The summed E-state index contributed by atoms with van der Waals surface area (Å²) in [5, 5.41) is 4.49. The number of hydrogen-bond acceptors (Lipinski definition) is 6. The average molecular weight is 525 g/mol. The van der Waals surface area contributed by atoms with Gasteiger partial charge < -0.3 is 20.3 Å². The van der Waals surface area contributed by atoms with E-state index in [0.29, 0.717) is 49.2 Å². The molecule has 2 amide bonds. The Morgan fingerprint density at radius 3 is 2.32 bits per heavy atom. The Hall–Kier alpha value is -4.58. The molecule has 4 aromatic rings. The van der Waals surface area contributed by atoms with Crippen LogP contribution in [0.15, 0.2) is 54.7 Å². The van der Waals surface area contributed by atoms with Gasteiger partial charge in [0.15, 0.2) is 29.1 Å². The van der Waals surface area contributed by atoms with E-state index in [9.17, 15) is 27.2 Å². The monoisotopic (exact) mass is 525 g/mol. The van der Waals surface area contributed by atoms with Crippen LogP contribution in [0, 0.1) is 23.3 Å². The maximum Gasteiger partial charge on any atom is 0.323 e.